The molecular weight excluding hydrogens is 434 g/mol. The van der Waals surface area contributed by atoms with Crippen molar-refractivity contribution in [2.24, 2.45) is 0 Å². The summed E-state index contributed by atoms with van der Waals surface area (Å²) in [6, 6.07) is 0.150. The van der Waals surface area contributed by atoms with Crippen LogP contribution in [0.2, 0.25) is 0 Å². The number of hydrogen-bond donors (Lipinski definition) is 2. The fourth-order valence-corrected chi connectivity index (χ4v) is 4.07. The molecule has 2 aromatic heterocycles. The molecule has 1 aliphatic rings. The third-order valence-electron chi connectivity index (χ3n) is 5.04. The van der Waals surface area contributed by atoms with Crippen molar-refractivity contribution >= 4 is 30.4 Å². The number of allylic oxidation sites excluding steroid dienone is 1. The molecule has 0 spiro atoms. The van der Waals surface area contributed by atoms with E-state index in [0.29, 0.717) is 11.4 Å². The Hall–Kier alpha value is -2.10. The van der Waals surface area contributed by atoms with Crippen molar-refractivity contribution in [3.05, 3.63) is 36.0 Å². The predicted octanol–water partition coefficient (Wildman–Crippen LogP) is 5.59. The van der Waals surface area contributed by atoms with Gasteiger partial charge in [0.05, 0.1) is 0 Å². The second-order valence-corrected chi connectivity index (χ2v) is 8.21. The third kappa shape index (κ3) is 7.22. The topological polar surface area (TPSA) is 62.7 Å². The van der Waals surface area contributed by atoms with Gasteiger partial charge < -0.3 is 0 Å². The van der Waals surface area contributed by atoms with Crippen LogP contribution >= 0.6 is 11.8 Å². The molecule has 0 aliphatic heterocycles. The zero-order chi connectivity index (χ0) is 23.5. The molecule has 0 saturated heterocycles. The van der Waals surface area contributed by atoms with Gasteiger partial charge in [-0.15, -0.1) is 0 Å². The standard InChI is InChI=1S/C20H25BF3N5S.C2H6/c1-3-16(30-2)14(22)11-26-20-25-10-13(15-9-21-17(23)18(24)28-15)19(29-20)27-12-7-5-4-6-8-12;1-2/h4-5,9-10,12,14,16H,3,6-8,11H2,1-2H3,(H2,25,26,27,29);1-2H3. The number of anilines is 2. The van der Waals surface area contributed by atoms with E-state index in [-0.39, 0.29) is 29.5 Å². The molecule has 0 bridgehead atoms. The summed E-state index contributed by atoms with van der Waals surface area (Å²) in [6.45, 7) is 7.07. The minimum atomic E-state index is -1.18. The van der Waals surface area contributed by atoms with Crippen molar-refractivity contribution in [2.45, 2.75) is 63.9 Å². The molecule has 5 nitrogen and oxygen atoms in total. The van der Waals surface area contributed by atoms with Crippen LogP contribution in [0.15, 0.2) is 24.3 Å². The summed E-state index contributed by atoms with van der Waals surface area (Å²) in [5.41, 5.74) is -0.328. The number of nitrogens with one attached hydrogen (secondary N) is 2. The van der Waals surface area contributed by atoms with Gasteiger partial charge in [-0.25, -0.2) is 0 Å². The Balaban J connectivity index is 0.00000176. The summed E-state index contributed by atoms with van der Waals surface area (Å²) in [5, 5.41) is 6.21. The number of nitrogens with zero attached hydrogens (tertiary/aromatic N) is 3. The molecule has 3 atom stereocenters. The van der Waals surface area contributed by atoms with E-state index >= 15 is 0 Å². The van der Waals surface area contributed by atoms with Crippen LogP contribution in [0.25, 0.3) is 11.3 Å². The van der Waals surface area contributed by atoms with Crippen LogP contribution in [-0.4, -0.2) is 52.1 Å². The van der Waals surface area contributed by atoms with Crippen LogP contribution < -0.4 is 10.6 Å². The summed E-state index contributed by atoms with van der Waals surface area (Å²) in [4.78, 5) is 12.4. The first-order valence-electron chi connectivity index (χ1n) is 11.0. The number of alkyl halides is 1. The Labute approximate surface area is 193 Å². The Kier molecular flexibility index (Phi) is 11.0. The number of aromatic nitrogens is 3. The van der Waals surface area contributed by atoms with Gasteiger partial charge in [0.25, 0.3) is 0 Å². The van der Waals surface area contributed by atoms with Crippen LogP contribution in [0.1, 0.15) is 46.5 Å². The molecule has 2 aromatic rings. The van der Waals surface area contributed by atoms with E-state index in [1.54, 1.807) is 0 Å². The van der Waals surface area contributed by atoms with Gasteiger partial charge in [0.15, 0.2) is 0 Å². The van der Waals surface area contributed by atoms with Crippen molar-refractivity contribution in [3.8, 4) is 11.3 Å². The maximum absolute atomic E-state index is 14.4. The Morgan fingerprint density at radius 2 is 2.03 bits per heavy atom. The minimum absolute atomic E-state index is 0.0910. The number of rotatable bonds is 9. The molecule has 0 fully saturated rings. The maximum atomic E-state index is 14.4. The van der Waals surface area contributed by atoms with E-state index in [0.717, 1.165) is 32.6 Å². The van der Waals surface area contributed by atoms with Crippen LogP contribution in [0.4, 0.5) is 24.9 Å². The Morgan fingerprint density at radius 1 is 1.25 bits per heavy atom. The predicted molar refractivity (Wildman–Crippen MR) is 129 cm³/mol. The summed E-state index contributed by atoms with van der Waals surface area (Å²) in [7, 11) is 0. The van der Waals surface area contributed by atoms with Gasteiger partial charge >= 0.3 is 179 Å². The van der Waals surface area contributed by atoms with Crippen LogP contribution in [0.5, 0.6) is 0 Å². The SMILES string of the molecule is CC.CCC(SC)C(F)CNc1ncc(-c2cbc(F)c(F)n2)c(NC2CC=CCC2)n1. The molecule has 2 N–H and O–H groups in total. The molecule has 32 heavy (non-hydrogen) atoms. The van der Waals surface area contributed by atoms with Crippen LogP contribution in [0.3, 0.4) is 0 Å². The third-order valence-corrected chi connectivity index (χ3v) is 6.28. The van der Waals surface area contributed by atoms with E-state index < -0.39 is 17.8 Å². The second kappa shape index (κ2) is 13.5. The number of hydrogen-bond acceptors (Lipinski definition) is 6. The molecule has 3 unspecified atom stereocenters. The zero-order valence-corrected chi connectivity index (χ0v) is 19.9. The van der Waals surface area contributed by atoms with Crippen LogP contribution in [-0.2, 0) is 0 Å². The van der Waals surface area contributed by atoms with Crippen molar-refractivity contribution in [1.82, 2.24) is 15.0 Å². The summed E-state index contributed by atoms with van der Waals surface area (Å²) in [6.07, 6.45) is 9.99. The van der Waals surface area contributed by atoms with Gasteiger partial charge in [-0.3, -0.25) is 0 Å². The molecule has 0 aromatic carbocycles. The van der Waals surface area contributed by atoms with Crippen molar-refractivity contribution < 1.29 is 13.2 Å². The quantitative estimate of drug-likeness (QED) is 0.471. The summed E-state index contributed by atoms with van der Waals surface area (Å²) >= 11 is 1.49. The Bertz CT molecular complexity index is 883. The summed E-state index contributed by atoms with van der Waals surface area (Å²) < 4.78 is 41.4. The molecule has 2 heterocycles. The zero-order valence-electron chi connectivity index (χ0n) is 19.0. The van der Waals surface area contributed by atoms with Crippen molar-refractivity contribution in [2.75, 3.05) is 23.4 Å². The monoisotopic (exact) mass is 465 g/mol. The van der Waals surface area contributed by atoms with Gasteiger partial charge in [-0.1, -0.05) is 13.8 Å². The molecule has 0 amide bonds. The number of halogens is 3. The second-order valence-electron chi connectivity index (χ2n) is 7.13. The fraction of sp³-hybridized carbons (Fsp3) is 0.545. The average Bonchev–Trinajstić information content (AvgIpc) is 2.82. The van der Waals surface area contributed by atoms with E-state index in [2.05, 4.69) is 37.7 Å². The molecule has 174 valence electrons. The van der Waals surface area contributed by atoms with Gasteiger partial charge in [-0.05, 0) is 0 Å². The fourth-order valence-electron chi connectivity index (χ4n) is 3.34. The van der Waals surface area contributed by atoms with Gasteiger partial charge in [0, 0.05) is 0 Å². The van der Waals surface area contributed by atoms with Crippen molar-refractivity contribution in [1.29, 1.82) is 0 Å². The van der Waals surface area contributed by atoms with E-state index in [1.165, 1.54) is 23.9 Å². The molecule has 0 saturated carbocycles. The average molecular weight is 465 g/mol. The molecular formula is C22H31BF3N5S. The van der Waals surface area contributed by atoms with Gasteiger partial charge in [0.1, 0.15) is 0 Å². The van der Waals surface area contributed by atoms with Crippen LogP contribution in [0, 0.1) is 11.7 Å². The summed E-state index contributed by atoms with van der Waals surface area (Å²) in [5.74, 6) is 0.939. The molecule has 0 radical (unpaired) electrons. The first kappa shape index (κ1) is 26.2. The molecule has 3 rings (SSSR count). The van der Waals surface area contributed by atoms with Gasteiger partial charge in [-0.2, -0.15) is 0 Å². The van der Waals surface area contributed by atoms with E-state index in [9.17, 15) is 13.2 Å². The van der Waals surface area contributed by atoms with Gasteiger partial charge in [0.2, 0.25) is 0 Å². The first-order valence-corrected chi connectivity index (χ1v) is 12.3. The molecule has 1 aliphatic carbocycles. The van der Waals surface area contributed by atoms with Crippen molar-refractivity contribution in [3.63, 3.8) is 0 Å². The Morgan fingerprint density at radius 3 is 2.66 bits per heavy atom. The van der Waals surface area contributed by atoms with E-state index in [4.69, 9.17) is 0 Å². The number of thioether (sulfide) groups is 1. The molecule has 10 heteroatoms. The first-order chi connectivity index (χ1) is 15.5. The normalized spacial score (nSPS) is 17.0. The van der Waals surface area contributed by atoms with E-state index in [1.807, 2.05) is 27.0 Å².